The summed E-state index contributed by atoms with van der Waals surface area (Å²) in [7, 11) is 0. The van der Waals surface area contributed by atoms with Gasteiger partial charge in [0, 0.05) is 4.90 Å². The van der Waals surface area contributed by atoms with Crippen molar-refractivity contribution in [1.29, 1.82) is 0 Å². The highest BCUT2D eigenvalue weighted by molar-refractivity contribution is 8.00. The zero-order chi connectivity index (χ0) is 17.3. The van der Waals surface area contributed by atoms with Crippen LogP contribution in [0.5, 0.6) is 0 Å². The molecule has 0 saturated heterocycles. The molecule has 124 valence electrons. The summed E-state index contributed by atoms with van der Waals surface area (Å²) in [6.07, 6.45) is 0. The second kappa shape index (κ2) is 7.05. The van der Waals surface area contributed by atoms with Gasteiger partial charge in [0.15, 0.2) is 0 Å². The van der Waals surface area contributed by atoms with Crippen molar-refractivity contribution in [2.24, 2.45) is 0 Å². The van der Waals surface area contributed by atoms with E-state index in [-0.39, 0.29) is 18.4 Å². The number of hydrogen-bond acceptors (Lipinski definition) is 3. The number of thioether (sulfide) groups is 1. The van der Waals surface area contributed by atoms with E-state index >= 15 is 0 Å². The van der Waals surface area contributed by atoms with E-state index in [9.17, 15) is 9.59 Å². The van der Waals surface area contributed by atoms with E-state index in [1.165, 1.54) is 16.7 Å². The van der Waals surface area contributed by atoms with Gasteiger partial charge < -0.3 is 5.32 Å². The molecular weight excluding hydrogens is 367 g/mol. The van der Waals surface area contributed by atoms with E-state index in [1.807, 2.05) is 18.2 Å². The van der Waals surface area contributed by atoms with Gasteiger partial charge in [0.05, 0.1) is 26.7 Å². The molecule has 0 aliphatic carbocycles. The smallest absolute Gasteiger partial charge is 0.244 e. The van der Waals surface area contributed by atoms with Gasteiger partial charge in [-0.15, -0.1) is 11.8 Å². The predicted octanol–water partition coefficient (Wildman–Crippen LogP) is 4.46. The third-order valence-corrected chi connectivity index (χ3v) is 5.68. The van der Waals surface area contributed by atoms with Crippen LogP contribution in [0.25, 0.3) is 0 Å². The summed E-state index contributed by atoms with van der Waals surface area (Å²) in [6, 6.07) is 12.5. The summed E-state index contributed by atoms with van der Waals surface area (Å²) in [6.45, 7) is 1.78. The van der Waals surface area contributed by atoms with Crippen LogP contribution in [0.4, 0.5) is 11.4 Å². The van der Waals surface area contributed by atoms with E-state index in [4.69, 9.17) is 23.2 Å². The predicted molar refractivity (Wildman–Crippen MR) is 99.2 cm³/mol. The maximum atomic E-state index is 12.9. The Labute approximate surface area is 154 Å². The molecule has 1 heterocycles. The number of para-hydroxylation sites is 2. The van der Waals surface area contributed by atoms with Crippen molar-refractivity contribution >= 4 is 58.2 Å². The summed E-state index contributed by atoms with van der Waals surface area (Å²) in [5.74, 6) is -0.381. The van der Waals surface area contributed by atoms with E-state index in [0.29, 0.717) is 26.3 Å². The Morgan fingerprint density at radius 3 is 2.54 bits per heavy atom. The summed E-state index contributed by atoms with van der Waals surface area (Å²) in [5.41, 5.74) is 1.33. The fourth-order valence-electron chi connectivity index (χ4n) is 2.47. The van der Waals surface area contributed by atoms with Crippen molar-refractivity contribution in [1.82, 2.24) is 0 Å². The highest BCUT2D eigenvalue weighted by Gasteiger charge is 2.30. The number of amides is 2. The summed E-state index contributed by atoms with van der Waals surface area (Å²) in [4.78, 5) is 26.9. The Morgan fingerprint density at radius 2 is 1.83 bits per heavy atom. The van der Waals surface area contributed by atoms with E-state index in [1.54, 1.807) is 31.2 Å². The monoisotopic (exact) mass is 380 g/mol. The van der Waals surface area contributed by atoms with Crippen molar-refractivity contribution in [3.8, 4) is 0 Å². The van der Waals surface area contributed by atoms with Gasteiger partial charge in [0.2, 0.25) is 11.8 Å². The Hall–Kier alpha value is -1.69. The molecule has 0 bridgehead atoms. The zero-order valence-electron chi connectivity index (χ0n) is 12.8. The maximum Gasteiger partial charge on any atom is 0.244 e. The molecule has 1 aliphatic rings. The van der Waals surface area contributed by atoms with Crippen LogP contribution in [0.3, 0.4) is 0 Å². The Bertz CT molecular complexity index is 793. The molecule has 1 aliphatic heterocycles. The molecule has 7 heteroatoms. The molecular formula is C17H14Cl2N2O2S. The van der Waals surface area contributed by atoms with Crippen LogP contribution in [0.1, 0.15) is 6.92 Å². The van der Waals surface area contributed by atoms with Gasteiger partial charge in [-0.1, -0.05) is 41.4 Å². The van der Waals surface area contributed by atoms with E-state index < -0.39 is 5.25 Å². The number of rotatable bonds is 3. The quantitative estimate of drug-likeness (QED) is 0.799. The molecule has 2 aromatic rings. The van der Waals surface area contributed by atoms with Crippen LogP contribution >= 0.6 is 35.0 Å². The number of halogens is 2. The van der Waals surface area contributed by atoms with E-state index in [2.05, 4.69) is 5.32 Å². The van der Waals surface area contributed by atoms with Gasteiger partial charge >= 0.3 is 0 Å². The zero-order valence-corrected chi connectivity index (χ0v) is 15.1. The van der Waals surface area contributed by atoms with Crippen molar-refractivity contribution in [2.45, 2.75) is 17.1 Å². The lowest BCUT2D eigenvalue weighted by Gasteiger charge is -2.31. The number of nitrogens with zero attached hydrogens (tertiary/aromatic N) is 1. The SMILES string of the molecule is C[C@@H](Sc1c(Cl)cccc1Cl)C(=O)N1CC(=O)Nc2ccccc21. The van der Waals surface area contributed by atoms with Crippen LogP contribution in [0, 0.1) is 0 Å². The highest BCUT2D eigenvalue weighted by Crippen LogP contribution is 2.38. The molecule has 0 aromatic heterocycles. The first-order valence-electron chi connectivity index (χ1n) is 7.28. The van der Waals surface area contributed by atoms with E-state index in [0.717, 1.165) is 0 Å². The van der Waals surface area contributed by atoms with Crippen molar-refractivity contribution in [3.05, 3.63) is 52.5 Å². The van der Waals surface area contributed by atoms with Gasteiger partial charge in [-0.05, 0) is 31.2 Å². The van der Waals surface area contributed by atoms with Crippen LogP contribution in [-0.2, 0) is 9.59 Å². The average Bonchev–Trinajstić information content (AvgIpc) is 2.56. The maximum absolute atomic E-state index is 12.9. The Morgan fingerprint density at radius 1 is 1.17 bits per heavy atom. The van der Waals surface area contributed by atoms with Crippen molar-refractivity contribution < 1.29 is 9.59 Å². The van der Waals surface area contributed by atoms with Gasteiger partial charge in [0.1, 0.15) is 6.54 Å². The first-order chi connectivity index (χ1) is 11.5. The number of benzene rings is 2. The number of nitrogens with one attached hydrogen (secondary N) is 1. The molecule has 2 amide bonds. The minimum Gasteiger partial charge on any atom is -0.323 e. The molecule has 0 fully saturated rings. The topological polar surface area (TPSA) is 49.4 Å². The summed E-state index contributed by atoms with van der Waals surface area (Å²) in [5, 5.41) is 3.33. The minimum absolute atomic E-state index is 0.00298. The summed E-state index contributed by atoms with van der Waals surface area (Å²) >= 11 is 13.6. The molecule has 3 rings (SSSR count). The normalized spacial score (nSPS) is 14.8. The molecule has 1 N–H and O–H groups in total. The first kappa shape index (κ1) is 17.1. The van der Waals surface area contributed by atoms with Crippen molar-refractivity contribution in [2.75, 3.05) is 16.8 Å². The van der Waals surface area contributed by atoms with Crippen LogP contribution in [0.15, 0.2) is 47.4 Å². The van der Waals surface area contributed by atoms with Crippen LogP contribution in [-0.4, -0.2) is 23.6 Å². The molecule has 4 nitrogen and oxygen atoms in total. The molecule has 0 unspecified atom stereocenters. The molecule has 0 radical (unpaired) electrons. The minimum atomic E-state index is -0.443. The van der Waals surface area contributed by atoms with Gasteiger partial charge in [-0.25, -0.2) is 0 Å². The highest BCUT2D eigenvalue weighted by atomic mass is 35.5. The largest absolute Gasteiger partial charge is 0.323 e. The fraction of sp³-hybridized carbons (Fsp3) is 0.176. The lowest BCUT2D eigenvalue weighted by Crippen LogP contribution is -2.45. The summed E-state index contributed by atoms with van der Waals surface area (Å²) < 4.78 is 0. The molecule has 0 saturated carbocycles. The molecule has 0 spiro atoms. The number of hydrogen-bond donors (Lipinski definition) is 1. The van der Waals surface area contributed by atoms with Crippen molar-refractivity contribution in [3.63, 3.8) is 0 Å². The van der Waals surface area contributed by atoms with Crippen LogP contribution in [0.2, 0.25) is 10.0 Å². The lowest BCUT2D eigenvalue weighted by molar-refractivity contribution is -0.121. The Balaban J connectivity index is 1.85. The molecule has 2 aromatic carbocycles. The number of carbonyl (C=O) groups is 2. The second-order valence-corrected chi connectivity index (χ2v) is 7.47. The molecule has 1 atom stereocenters. The lowest BCUT2D eigenvalue weighted by atomic mass is 10.2. The fourth-order valence-corrected chi connectivity index (χ4v) is 4.08. The third-order valence-electron chi connectivity index (χ3n) is 3.60. The number of fused-ring (bicyclic) bond motifs is 1. The number of anilines is 2. The Kier molecular flexibility index (Phi) is 5.04. The third kappa shape index (κ3) is 3.38. The second-order valence-electron chi connectivity index (χ2n) is 5.30. The van der Waals surface area contributed by atoms with Crippen LogP contribution < -0.4 is 10.2 Å². The first-order valence-corrected chi connectivity index (χ1v) is 8.92. The molecule has 24 heavy (non-hydrogen) atoms. The van der Waals surface area contributed by atoms with Gasteiger partial charge in [-0.2, -0.15) is 0 Å². The average molecular weight is 381 g/mol. The van der Waals surface area contributed by atoms with Gasteiger partial charge in [0.25, 0.3) is 0 Å². The van der Waals surface area contributed by atoms with Gasteiger partial charge in [-0.3, -0.25) is 14.5 Å². The number of carbonyl (C=O) groups excluding carboxylic acids is 2. The standard InChI is InChI=1S/C17H14Cl2N2O2S/c1-10(24-16-11(18)5-4-6-12(16)19)17(23)21-9-15(22)20-13-7-2-3-8-14(13)21/h2-8,10H,9H2,1H3,(H,20,22)/t10-/m1/s1.